The zero-order chi connectivity index (χ0) is 14.3. The Morgan fingerprint density at radius 1 is 0.850 bits per heavy atom. The van der Waals surface area contributed by atoms with Crippen molar-refractivity contribution in [3.8, 4) is 0 Å². The van der Waals surface area contributed by atoms with Gasteiger partial charge < -0.3 is 0 Å². The highest BCUT2D eigenvalue weighted by Crippen LogP contribution is 2.32. The van der Waals surface area contributed by atoms with Crippen LogP contribution in [0.2, 0.25) is 0 Å². The predicted molar refractivity (Wildman–Crippen MR) is 68.0 cm³/mol. The van der Waals surface area contributed by atoms with Gasteiger partial charge in [0.05, 0.1) is 0 Å². The number of hydrogen-bond donors (Lipinski definition) is 0. The van der Waals surface area contributed by atoms with Crippen molar-refractivity contribution in [1.82, 2.24) is 9.80 Å². The Morgan fingerprint density at radius 3 is 2.00 bits per heavy atom. The van der Waals surface area contributed by atoms with E-state index in [9.17, 15) is 19.2 Å². The van der Waals surface area contributed by atoms with Gasteiger partial charge in [-0.1, -0.05) is 0 Å². The summed E-state index contributed by atoms with van der Waals surface area (Å²) in [4.78, 5) is 48.7. The van der Waals surface area contributed by atoms with E-state index in [1.807, 2.05) is 0 Å². The van der Waals surface area contributed by atoms with Crippen molar-refractivity contribution in [1.29, 1.82) is 0 Å². The third kappa shape index (κ3) is 2.07. The molecule has 20 heavy (non-hydrogen) atoms. The molecular formula is C14H14N2O4. The summed E-state index contributed by atoms with van der Waals surface area (Å²) >= 11 is 0. The number of carbonyl (C=O) groups excluding carboxylic acids is 4. The predicted octanol–water partition coefficient (Wildman–Crippen LogP) is 0.00510. The molecule has 0 N–H and O–H groups in total. The molecule has 6 nitrogen and oxygen atoms in total. The summed E-state index contributed by atoms with van der Waals surface area (Å²) in [7, 11) is 0. The Hall–Kier alpha value is -2.24. The molecule has 2 atom stereocenters. The van der Waals surface area contributed by atoms with Crippen LogP contribution in [0.15, 0.2) is 24.3 Å². The second-order valence-corrected chi connectivity index (χ2v) is 5.33. The van der Waals surface area contributed by atoms with Crippen LogP contribution in [-0.2, 0) is 19.2 Å². The van der Waals surface area contributed by atoms with Gasteiger partial charge in [0.15, 0.2) is 0 Å². The number of hydrogen-bond acceptors (Lipinski definition) is 4. The first kappa shape index (κ1) is 12.8. The minimum absolute atomic E-state index is 0.115. The maximum absolute atomic E-state index is 11.6. The Balaban J connectivity index is 1.60. The lowest BCUT2D eigenvalue weighted by Crippen LogP contribution is -2.39. The number of rotatable bonds is 3. The topological polar surface area (TPSA) is 74.8 Å². The fraction of sp³-hybridized carbons (Fsp3) is 0.429. The fourth-order valence-corrected chi connectivity index (χ4v) is 3.09. The smallest absolute Gasteiger partial charge is 0.253 e. The second kappa shape index (κ2) is 4.70. The number of nitrogens with zero attached hydrogens (tertiary/aromatic N) is 2. The molecule has 0 aromatic rings. The zero-order valence-electron chi connectivity index (χ0n) is 10.8. The maximum Gasteiger partial charge on any atom is 0.253 e. The molecule has 0 spiro atoms. The number of imide groups is 2. The first-order valence-electron chi connectivity index (χ1n) is 6.65. The summed E-state index contributed by atoms with van der Waals surface area (Å²) < 4.78 is 0. The largest absolute Gasteiger partial charge is 0.275 e. The highest BCUT2D eigenvalue weighted by Gasteiger charge is 2.38. The normalized spacial score (nSPS) is 29.4. The average molecular weight is 274 g/mol. The molecule has 6 heteroatoms. The van der Waals surface area contributed by atoms with Crippen LogP contribution in [0, 0.1) is 5.92 Å². The second-order valence-electron chi connectivity index (χ2n) is 5.33. The Morgan fingerprint density at radius 2 is 1.40 bits per heavy atom. The van der Waals surface area contributed by atoms with Crippen LogP contribution in [0.3, 0.4) is 0 Å². The summed E-state index contributed by atoms with van der Waals surface area (Å²) in [6.07, 6.45) is 7.29. The first-order valence-corrected chi connectivity index (χ1v) is 6.65. The van der Waals surface area contributed by atoms with Crippen molar-refractivity contribution in [2.45, 2.75) is 25.3 Å². The van der Waals surface area contributed by atoms with Crippen LogP contribution in [0.25, 0.3) is 0 Å². The lowest BCUT2D eigenvalue weighted by atomic mass is 10.1. The average Bonchev–Trinajstić information content (AvgIpc) is 3.07. The molecule has 3 aliphatic rings. The summed E-state index contributed by atoms with van der Waals surface area (Å²) in [6.45, 7) is 0.366. The van der Waals surface area contributed by atoms with Gasteiger partial charge >= 0.3 is 0 Å². The van der Waals surface area contributed by atoms with E-state index < -0.39 is 0 Å². The molecule has 2 unspecified atom stereocenters. The molecule has 0 bridgehead atoms. The van der Waals surface area contributed by atoms with E-state index in [-0.39, 0.29) is 35.6 Å². The van der Waals surface area contributed by atoms with Crippen LogP contribution in [-0.4, -0.2) is 46.0 Å². The minimum Gasteiger partial charge on any atom is -0.275 e. The van der Waals surface area contributed by atoms with Crippen molar-refractivity contribution in [2.24, 2.45) is 5.92 Å². The van der Waals surface area contributed by atoms with Crippen molar-refractivity contribution >= 4 is 23.6 Å². The SMILES string of the molecule is O=C1C=CC(=O)N1CC1CCC(N2C(=O)C=CC2=O)C1. The van der Waals surface area contributed by atoms with Crippen LogP contribution < -0.4 is 0 Å². The van der Waals surface area contributed by atoms with Crippen molar-refractivity contribution in [2.75, 3.05) is 6.54 Å². The third-order valence-electron chi connectivity index (χ3n) is 4.06. The van der Waals surface area contributed by atoms with Crippen LogP contribution in [0.4, 0.5) is 0 Å². The highest BCUT2D eigenvalue weighted by atomic mass is 16.2. The molecule has 1 aliphatic carbocycles. The maximum atomic E-state index is 11.6. The molecule has 104 valence electrons. The van der Waals surface area contributed by atoms with E-state index in [4.69, 9.17) is 0 Å². The number of carbonyl (C=O) groups is 4. The molecule has 1 fully saturated rings. The fourth-order valence-electron chi connectivity index (χ4n) is 3.09. The summed E-state index contributed by atoms with van der Waals surface area (Å²) in [5.41, 5.74) is 0. The van der Waals surface area contributed by atoms with Gasteiger partial charge in [0.2, 0.25) is 0 Å². The summed E-state index contributed by atoms with van der Waals surface area (Å²) in [5, 5.41) is 0. The molecule has 0 radical (unpaired) electrons. The van der Waals surface area contributed by atoms with Crippen LogP contribution in [0.1, 0.15) is 19.3 Å². The van der Waals surface area contributed by atoms with Gasteiger partial charge in [-0.3, -0.25) is 29.0 Å². The van der Waals surface area contributed by atoms with Gasteiger partial charge in [0.1, 0.15) is 0 Å². The summed E-state index contributed by atoms with van der Waals surface area (Å²) in [5.74, 6) is -0.956. The Labute approximate surface area is 115 Å². The van der Waals surface area contributed by atoms with Gasteiger partial charge in [0.25, 0.3) is 23.6 Å². The van der Waals surface area contributed by atoms with Crippen molar-refractivity contribution < 1.29 is 19.2 Å². The van der Waals surface area contributed by atoms with E-state index >= 15 is 0 Å². The quantitative estimate of drug-likeness (QED) is 0.679. The first-order chi connectivity index (χ1) is 9.56. The van der Waals surface area contributed by atoms with E-state index in [1.165, 1.54) is 34.1 Å². The van der Waals surface area contributed by atoms with E-state index in [0.29, 0.717) is 13.0 Å². The minimum atomic E-state index is -0.284. The van der Waals surface area contributed by atoms with Gasteiger partial charge in [-0.05, 0) is 25.2 Å². The third-order valence-corrected chi connectivity index (χ3v) is 4.06. The van der Waals surface area contributed by atoms with Crippen molar-refractivity contribution in [3.05, 3.63) is 24.3 Å². The molecule has 2 aliphatic heterocycles. The molecule has 2 heterocycles. The molecule has 0 aromatic carbocycles. The molecular weight excluding hydrogens is 260 g/mol. The van der Waals surface area contributed by atoms with Crippen LogP contribution >= 0.6 is 0 Å². The molecule has 4 amide bonds. The molecule has 3 rings (SSSR count). The van der Waals surface area contributed by atoms with Gasteiger partial charge in [0, 0.05) is 36.9 Å². The molecule has 0 saturated heterocycles. The molecule has 1 saturated carbocycles. The van der Waals surface area contributed by atoms with Gasteiger partial charge in [-0.25, -0.2) is 0 Å². The molecule has 0 aromatic heterocycles. The van der Waals surface area contributed by atoms with Crippen LogP contribution in [0.5, 0.6) is 0 Å². The van der Waals surface area contributed by atoms with E-state index in [2.05, 4.69) is 0 Å². The Bertz CT molecular complexity index is 528. The zero-order valence-corrected chi connectivity index (χ0v) is 10.8. The van der Waals surface area contributed by atoms with Gasteiger partial charge in [-0.2, -0.15) is 0 Å². The number of amides is 4. The standard InChI is InChI=1S/C14H14N2O4/c17-11-3-4-12(18)15(11)8-9-1-2-10(7-9)16-13(19)5-6-14(16)20/h3-6,9-10H,1-2,7-8H2. The highest BCUT2D eigenvalue weighted by molar-refractivity contribution is 6.13. The van der Waals surface area contributed by atoms with E-state index in [0.717, 1.165) is 12.8 Å². The monoisotopic (exact) mass is 274 g/mol. The summed E-state index contributed by atoms with van der Waals surface area (Å²) in [6, 6.07) is -0.115. The lowest BCUT2D eigenvalue weighted by molar-refractivity contribution is -0.141. The Kier molecular flexibility index (Phi) is 3.00. The van der Waals surface area contributed by atoms with Crippen molar-refractivity contribution in [3.63, 3.8) is 0 Å². The van der Waals surface area contributed by atoms with E-state index in [1.54, 1.807) is 0 Å². The lowest BCUT2D eigenvalue weighted by Gasteiger charge is -2.23. The van der Waals surface area contributed by atoms with Gasteiger partial charge in [-0.15, -0.1) is 0 Å².